The first-order chi connectivity index (χ1) is 17.9. The van der Waals surface area contributed by atoms with Gasteiger partial charge in [0.2, 0.25) is 0 Å². The molecule has 3 aliphatic carbocycles. The predicted molar refractivity (Wildman–Crippen MR) is 145 cm³/mol. The van der Waals surface area contributed by atoms with Crippen LogP contribution in [0.4, 0.5) is 0 Å². The summed E-state index contributed by atoms with van der Waals surface area (Å²) in [6.07, 6.45) is 6.27. The molecule has 8 nitrogen and oxygen atoms in total. The molecule has 2 N–H and O–H groups in total. The highest BCUT2D eigenvalue weighted by molar-refractivity contribution is 6.65. The number of carbonyl (C=O) groups excluding carboxylic acids is 2. The largest absolute Gasteiger partial charge is 0.482 e. The van der Waals surface area contributed by atoms with Crippen molar-refractivity contribution in [2.45, 2.75) is 71.5 Å². The number of aliphatic hydroxyl groups is 1. The van der Waals surface area contributed by atoms with Gasteiger partial charge < -0.3 is 24.5 Å². The van der Waals surface area contributed by atoms with Gasteiger partial charge in [-0.3, -0.25) is 4.79 Å². The van der Waals surface area contributed by atoms with E-state index in [1.807, 2.05) is 6.92 Å². The molecule has 1 aromatic carbocycles. The fraction of sp³-hybridized carbons (Fsp3) is 0.621. The molecule has 204 valence electrons. The number of aliphatic hydroxyl groups excluding tert-OH is 1. The summed E-state index contributed by atoms with van der Waals surface area (Å²) in [6, 6.07) is 5.22. The highest BCUT2D eigenvalue weighted by Gasteiger charge is 2.66. The lowest BCUT2D eigenvalue weighted by Crippen LogP contribution is -2.60. The van der Waals surface area contributed by atoms with Gasteiger partial charge in [-0.25, -0.2) is 4.79 Å². The Bertz CT molecular complexity index is 1170. The Hall–Kier alpha value is -2.65. The van der Waals surface area contributed by atoms with Crippen LogP contribution in [0.3, 0.4) is 0 Å². The van der Waals surface area contributed by atoms with Gasteiger partial charge in [0, 0.05) is 30.2 Å². The van der Waals surface area contributed by atoms with Crippen molar-refractivity contribution in [3.05, 3.63) is 36.4 Å². The van der Waals surface area contributed by atoms with E-state index in [9.17, 15) is 19.7 Å². The van der Waals surface area contributed by atoms with E-state index in [2.05, 4.69) is 25.5 Å². The number of fused-ring (bicyclic) bond motifs is 1. The molecule has 0 radical (unpaired) electrons. The average molecular weight is 522 g/mol. The summed E-state index contributed by atoms with van der Waals surface area (Å²) in [6.45, 7) is 9.96. The molecular weight excluding hydrogens is 483 g/mol. The van der Waals surface area contributed by atoms with Crippen LogP contribution in [0.5, 0.6) is 5.75 Å². The van der Waals surface area contributed by atoms with Gasteiger partial charge in [-0.2, -0.15) is 5.10 Å². The molecule has 1 heterocycles. The molecule has 1 aromatic rings. The van der Waals surface area contributed by atoms with Crippen molar-refractivity contribution in [3.8, 4) is 5.75 Å². The second kappa shape index (κ2) is 9.52. The van der Waals surface area contributed by atoms with Gasteiger partial charge in [-0.1, -0.05) is 32.9 Å². The number of nitrogens with zero attached hydrogens (tertiary/aromatic N) is 2. The van der Waals surface area contributed by atoms with Crippen molar-refractivity contribution in [1.82, 2.24) is 4.92 Å². The zero-order valence-electron chi connectivity index (χ0n) is 22.9. The Morgan fingerprint density at radius 1 is 1.32 bits per heavy atom. The summed E-state index contributed by atoms with van der Waals surface area (Å²) in [7, 11) is 0.773. The number of ether oxygens (including phenoxy) is 2. The maximum atomic E-state index is 13.4. The van der Waals surface area contributed by atoms with Gasteiger partial charge in [0.25, 0.3) is 0 Å². The Labute approximate surface area is 225 Å². The number of benzene rings is 1. The molecule has 7 atom stereocenters. The van der Waals surface area contributed by atoms with E-state index in [1.165, 1.54) is 4.92 Å². The number of hydrogen-bond acceptors (Lipinski definition) is 8. The SMILES string of the molecule is C=C[C@]1(C)C[C@@H](OC(=O)COc2ccc3c(c2)B(O)N(C)N=C3)[C@]2(C)[C@H](C)CC[C@]3(CCC(=O)[C@H]32)C[C@@H]1O. The van der Waals surface area contributed by atoms with Gasteiger partial charge in [-0.05, 0) is 66.6 Å². The number of Topliss-reactive ketones (excluding diaryl/α,β-unsaturated/α-hetero) is 1. The van der Waals surface area contributed by atoms with Crippen molar-refractivity contribution < 1.29 is 29.2 Å². The van der Waals surface area contributed by atoms with Crippen LogP contribution in [-0.2, 0) is 14.3 Å². The van der Waals surface area contributed by atoms with Crippen LogP contribution < -0.4 is 10.2 Å². The molecule has 3 saturated carbocycles. The first-order valence-electron chi connectivity index (χ1n) is 13.7. The summed E-state index contributed by atoms with van der Waals surface area (Å²) < 4.78 is 12.0. The molecule has 38 heavy (non-hydrogen) atoms. The number of ketones is 1. The Balaban J connectivity index is 1.40. The maximum Gasteiger partial charge on any atom is 0.466 e. The second-order valence-corrected chi connectivity index (χ2v) is 12.5. The van der Waals surface area contributed by atoms with Crippen LogP contribution in [0.15, 0.2) is 36.0 Å². The molecular formula is C29H39BN2O6. The van der Waals surface area contributed by atoms with Gasteiger partial charge in [0.15, 0.2) is 6.61 Å². The number of hydrazone groups is 1. The van der Waals surface area contributed by atoms with Crippen LogP contribution in [0.2, 0.25) is 0 Å². The van der Waals surface area contributed by atoms with Gasteiger partial charge >= 0.3 is 13.0 Å². The lowest BCUT2D eigenvalue weighted by atomic mass is 9.46. The zero-order valence-corrected chi connectivity index (χ0v) is 22.9. The summed E-state index contributed by atoms with van der Waals surface area (Å²) >= 11 is 0. The van der Waals surface area contributed by atoms with E-state index in [4.69, 9.17) is 9.47 Å². The standard InChI is InChI=1S/C29H39BN2O6/c1-6-27(3)15-24(28(4)18(2)9-11-29(14-23(27)34)12-10-22(33)26(28)29)38-25(35)17-37-20-8-7-19-16-31-32(5)30(36)21(19)13-20/h6-8,13,16,18,23-24,26,34,36H,1,9-12,14-15,17H2,2-5H3/t18-,23+,24-,26+,27-,28+,29+/m1/s1. The minimum atomic E-state index is -0.902. The second-order valence-electron chi connectivity index (χ2n) is 12.5. The minimum absolute atomic E-state index is 0.173. The van der Waals surface area contributed by atoms with Crippen LogP contribution in [-0.4, -0.2) is 65.9 Å². The topological polar surface area (TPSA) is 109 Å². The molecule has 4 aliphatic rings. The Kier molecular flexibility index (Phi) is 6.75. The number of esters is 1. The average Bonchev–Trinajstić information content (AvgIpc) is 3.23. The van der Waals surface area contributed by atoms with E-state index in [-0.39, 0.29) is 29.6 Å². The molecule has 5 rings (SSSR count). The van der Waals surface area contributed by atoms with E-state index in [0.29, 0.717) is 30.5 Å². The van der Waals surface area contributed by atoms with Crippen LogP contribution in [0.1, 0.15) is 64.9 Å². The molecule has 1 aliphatic heterocycles. The number of hydrogen-bond donors (Lipinski definition) is 2. The Morgan fingerprint density at radius 3 is 2.82 bits per heavy atom. The van der Waals surface area contributed by atoms with Gasteiger partial charge in [0.05, 0.1) is 12.3 Å². The molecule has 0 saturated heterocycles. The fourth-order valence-corrected chi connectivity index (χ4v) is 7.70. The van der Waals surface area contributed by atoms with Crippen LogP contribution in [0, 0.1) is 28.1 Å². The van der Waals surface area contributed by atoms with Gasteiger partial charge in [-0.15, -0.1) is 6.58 Å². The number of rotatable bonds is 5. The third kappa shape index (κ3) is 4.18. The quantitative estimate of drug-likeness (QED) is 0.348. The third-order valence-electron chi connectivity index (χ3n) is 10.4. The number of carbonyl (C=O) groups is 2. The summed E-state index contributed by atoms with van der Waals surface area (Å²) in [5.41, 5.74) is -0.0545. The van der Waals surface area contributed by atoms with Crippen LogP contribution >= 0.6 is 0 Å². The smallest absolute Gasteiger partial charge is 0.466 e. The summed E-state index contributed by atoms with van der Waals surface area (Å²) in [5, 5.41) is 25.9. The third-order valence-corrected chi connectivity index (χ3v) is 10.4. The molecule has 0 spiro atoms. The first kappa shape index (κ1) is 26.9. The molecule has 0 unspecified atom stereocenters. The zero-order chi connectivity index (χ0) is 27.5. The lowest BCUT2D eigenvalue weighted by molar-refractivity contribution is -0.196. The van der Waals surface area contributed by atoms with E-state index in [0.717, 1.165) is 24.8 Å². The molecule has 9 heteroatoms. The Morgan fingerprint density at radius 2 is 2.08 bits per heavy atom. The first-order valence-corrected chi connectivity index (χ1v) is 13.7. The normalized spacial score (nSPS) is 38.1. The molecule has 3 fully saturated rings. The molecule has 0 aromatic heterocycles. The van der Waals surface area contributed by atoms with Crippen molar-refractivity contribution >= 4 is 30.5 Å². The molecule has 2 bridgehead atoms. The highest BCUT2D eigenvalue weighted by Crippen LogP contribution is 2.66. The summed E-state index contributed by atoms with van der Waals surface area (Å²) in [5.74, 6) is 0.0683. The fourth-order valence-electron chi connectivity index (χ4n) is 7.70. The van der Waals surface area contributed by atoms with Crippen LogP contribution in [0.25, 0.3) is 0 Å². The summed E-state index contributed by atoms with van der Waals surface area (Å²) in [4.78, 5) is 28.1. The van der Waals surface area contributed by atoms with E-state index in [1.54, 1.807) is 37.5 Å². The molecule has 0 amide bonds. The van der Waals surface area contributed by atoms with Crippen molar-refractivity contribution in [2.75, 3.05) is 13.7 Å². The van der Waals surface area contributed by atoms with E-state index < -0.39 is 36.1 Å². The maximum absolute atomic E-state index is 13.4. The lowest BCUT2D eigenvalue weighted by Gasteiger charge is -2.59. The monoisotopic (exact) mass is 522 g/mol. The van der Waals surface area contributed by atoms with Crippen molar-refractivity contribution in [2.24, 2.45) is 33.2 Å². The van der Waals surface area contributed by atoms with Crippen molar-refractivity contribution in [1.29, 1.82) is 0 Å². The van der Waals surface area contributed by atoms with Crippen molar-refractivity contribution in [3.63, 3.8) is 0 Å². The predicted octanol–water partition coefficient (Wildman–Crippen LogP) is 2.69. The minimum Gasteiger partial charge on any atom is -0.482 e. The van der Waals surface area contributed by atoms with Gasteiger partial charge in [0.1, 0.15) is 17.6 Å². The van der Waals surface area contributed by atoms with E-state index >= 15 is 0 Å². The highest BCUT2D eigenvalue weighted by atomic mass is 16.6.